The van der Waals surface area contributed by atoms with Crippen molar-refractivity contribution < 1.29 is 4.39 Å². The Bertz CT molecular complexity index is 772. The van der Waals surface area contributed by atoms with Gasteiger partial charge in [0.15, 0.2) is 5.65 Å². The van der Waals surface area contributed by atoms with E-state index in [2.05, 4.69) is 47.3 Å². The molecule has 0 saturated heterocycles. The van der Waals surface area contributed by atoms with Crippen molar-refractivity contribution in [3.05, 3.63) is 56.9 Å². The molecule has 0 saturated carbocycles. The molecule has 102 valence electrons. The van der Waals surface area contributed by atoms with Crippen LogP contribution in [0.3, 0.4) is 0 Å². The first kappa shape index (κ1) is 13.5. The Kier molecular flexibility index (Phi) is 3.71. The standard InChI is InChI=1S/C13H9Br2FN4/c14-9-1-3-11(16)8(5-9)6-17-13-18-12-4-2-10(15)7-20(12)19-13/h1-5,7H,6H2,(H,17,19). The summed E-state index contributed by atoms with van der Waals surface area (Å²) >= 11 is 6.69. The highest BCUT2D eigenvalue weighted by Gasteiger charge is 2.06. The molecule has 0 unspecified atom stereocenters. The molecule has 0 amide bonds. The Balaban J connectivity index is 1.81. The van der Waals surface area contributed by atoms with Gasteiger partial charge in [-0.3, -0.25) is 0 Å². The molecule has 0 radical (unpaired) electrons. The first-order valence-electron chi connectivity index (χ1n) is 5.81. The Hall–Kier alpha value is -1.47. The first-order valence-corrected chi connectivity index (χ1v) is 7.40. The molecule has 0 atom stereocenters. The van der Waals surface area contributed by atoms with Crippen molar-refractivity contribution in [2.75, 3.05) is 5.32 Å². The number of nitrogens with zero attached hydrogens (tertiary/aromatic N) is 3. The van der Waals surface area contributed by atoms with E-state index in [1.54, 1.807) is 16.6 Å². The lowest BCUT2D eigenvalue weighted by atomic mass is 10.2. The molecule has 2 aromatic heterocycles. The van der Waals surface area contributed by atoms with Crippen molar-refractivity contribution in [1.82, 2.24) is 14.6 Å². The largest absolute Gasteiger partial charge is 0.349 e. The summed E-state index contributed by atoms with van der Waals surface area (Å²) in [5.74, 6) is 0.203. The fraction of sp³-hybridized carbons (Fsp3) is 0.0769. The van der Waals surface area contributed by atoms with Gasteiger partial charge in [0.2, 0.25) is 5.95 Å². The van der Waals surface area contributed by atoms with Crippen molar-refractivity contribution in [1.29, 1.82) is 0 Å². The lowest BCUT2D eigenvalue weighted by Gasteiger charge is -2.04. The van der Waals surface area contributed by atoms with Crippen LogP contribution >= 0.6 is 31.9 Å². The topological polar surface area (TPSA) is 42.2 Å². The fourth-order valence-electron chi connectivity index (χ4n) is 1.79. The van der Waals surface area contributed by atoms with Gasteiger partial charge in [-0.15, -0.1) is 5.10 Å². The second kappa shape index (κ2) is 5.49. The van der Waals surface area contributed by atoms with Gasteiger partial charge in [-0.1, -0.05) is 15.9 Å². The minimum absolute atomic E-state index is 0.257. The van der Waals surface area contributed by atoms with E-state index in [1.165, 1.54) is 6.07 Å². The number of anilines is 1. The van der Waals surface area contributed by atoms with Crippen LogP contribution in [0.5, 0.6) is 0 Å². The quantitative estimate of drug-likeness (QED) is 0.723. The number of nitrogens with one attached hydrogen (secondary N) is 1. The van der Waals surface area contributed by atoms with E-state index in [4.69, 9.17) is 0 Å². The van der Waals surface area contributed by atoms with Gasteiger partial charge >= 0.3 is 0 Å². The van der Waals surface area contributed by atoms with Gasteiger partial charge in [-0.2, -0.15) is 4.98 Å². The van der Waals surface area contributed by atoms with Gasteiger partial charge in [0.05, 0.1) is 0 Å². The van der Waals surface area contributed by atoms with Gasteiger partial charge in [-0.05, 0) is 46.3 Å². The third-order valence-electron chi connectivity index (χ3n) is 2.74. The smallest absolute Gasteiger partial charge is 0.243 e. The third kappa shape index (κ3) is 2.83. The van der Waals surface area contributed by atoms with E-state index in [0.717, 1.165) is 14.6 Å². The maximum absolute atomic E-state index is 13.6. The summed E-state index contributed by atoms with van der Waals surface area (Å²) in [7, 11) is 0. The van der Waals surface area contributed by atoms with Crippen LogP contribution < -0.4 is 5.32 Å². The number of aromatic nitrogens is 3. The van der Waals surface area contributed by atoms with E-state index in [1.807, 2.05) is 18.3 Å². The molecule has 0 aliphatic heterocycles. The number of pyridine rings is 1. The highest BCUT2D eigenvalue weighted by molar-refractivity contribution is 9.10. The number of hydrogen-bond donors (Lipinski definition) is 1. The van der Waals surface area contributed by atoms with Crippen LogP contribution in [0.1, 0.15) is 5.56 Å². The second-order valence-electron chi connectivity index (χ2n) is 4.17. The normalized spacial score (nSPS) is 10.9. The van der Waals surface area contributed by atoms with Gasteiger partial charge in [-0.25, -0.2) is 8.91 Å². The maximum atomic E-state index is 13.6. The van der Waals surface area contributed by atoms with Crippen LogP contribution in [0.25, 0.3) is 5.65 Å². The number of benzene rings is 1. The predicted molar refractivity (Wildman–Crippen MR) is 82.1 cm³/mol. The van der Waals surface area contributed by atoms with Crippen LogP contribution in [0.2, 0.25) is 0 Å². The molecule has 20 heavy (non-hydrogen) atoms. The van der Waals surface area contributed by atoms with E-state index < -0.39 is 0 Å². The minimum Gasteiger partial charge on any atom is -0.349 e. The molecule has 0 aliphatic carbocycles. The zero-order valence-corrected chi connectivity index (χ0v) is 13.3. The average molecular weight is 400 g/mol. The first-order chi connectivity index (χ1) is 9.61. The van der Waals surface area contributed by atoms with Crippen LogP contribution in [0, 0.1) is 5.82 Å². The van der Waals surface area contributed by atoms with Gasteiger partial charge in [0, 0.05) is 27.3 Å². The summed E-state index contributed by atoms with van der Waals surface area (Å²) < 4.78 is 17.0. The van der Waals surface area contributed by atoms with Gasteiger partial charge in [0.25, 0.3) is 0 Å². The molecule has 3 rings (SSSR count). The molecule has 1 N–H and O–H groups in total. The molecule has 0 fully saturated rings. The van der Waals surface area contributed by atoms with Gasteiger partial charge < -0.3 is 5.32 Å². The minimum atomic E-state index is -0.257. The summed E-state index contributed by atoms with van der Waals surface area (Å²) in [5, 5.41) is 7.29. The Morgan fingerprint density at radius 2 is 1.95 bits per heavy atom. The molecule has 4 nitrogen and oxygen atoms in total. The van der Waals surface area contributed by atoms with Crippen molar-refractivity contribution in [2.45, 2.75) is 6.54 Å². The SMILES string of the molecule is Fc1ccc(Br)cc1CNc1nc2ccc(Br)cn2n1. The van der Waals surface area contributed by atoms with E-state index >= 15 is 0 Å². The monoisotopic (exact) mass is 398 g/mol. The molecule has 3 aromatic rings. The van der Waals surface area contributed by atoms with E-state index in [0.29, 0.717) is 18.1 Å². The summed E-state index contributed by atoms with van der Waals surface area (Å²) in [5.41, 5.74) is 1.28. The molecular formula is C13H9Br2FN4. The molecule has 0 bridgehead atoms. The number of hydrogen-bond acceptors (Lipinski definition) is 3. The van der Waals surface area contributed by atoms with E-state index in [-0.39, 0.29) is 5.82 Å². The molecule has 7 heteroatoms. The van der Waals surface area contributed by atoms with Crippen molar-refractivity contribution in [3.8, 4) is 0 Å². The van der Waals surface area contributed by atoms with E-state index in [9.17, 15) is 4.39 Å². The van der Waals surface area contributed by atoms with Crippen molar-refractivity contribution in [3.63, 3.8) is 0 Å². The van der Waals surface area contributed by atoms with Crippen molar-refractivity contribution >= 4 is 43.5 Å². The highest BCUT2D eigenvalue weighted by Crippen LogP contribution is 2.17. The zero-order valence-electron chi connectivity index (χ0n) is 10.1. The Morgan fingerprint density at radius 1 is 1.15 bits per heavy atom. The lowest BCUT2D eigenvalue weighted by molar-refractivity contribution is 0.612. The fourth-order valence-corrected chi connectivity index (χ4v) is 2.52. The van der Waals surface area contributed by atoms with Crippen molar-refractivity contribution in [2.24, 2.45) is 0 Å². The summed E-state index contributed by atoms with van der Waals surface area (Å²) in [6.45, 7) is 0.323. The number of halogens is 3. The number of rotatable bonds is 3. The summed E-state index contributed by atoms with van der Waals surface area (Å²) in [6, 6.07) is 8.56. The average Bonchev–Trinajstić information content (AvgIpc) is 2.81. The molecule has 2 heterocycles. The van der Waals surface area contributed by atoms with Crippen LogP contribution in [0.15, 0.2) is 45.5 Å². The van der Waals surface area contributed by atoms with Crippen LogP contribution in [-0.4, -0.2) is 14.6 Å². The Morgan fingerprint density at radius 3 is 2.80 bits per heavy atom. The maximum Gasteiger partial charge on any atom is 0.243 e. The zero-order chi connectivity index (χ0) is 14.1. The highest BCUT2D eigenvalue weighted by atomic mass is 79.9. The van der Waals surface area contributed by atoms with Crippen LogP contribution in [0.4, 0.5) is 10.3 Å². The van der Waals surface area contributed by atoms with Gasteiger partial charge in [0.1, 0.15) is 5.82 Å². The molecule has 1 aromatic carbocycles. The lowest BCUT2D eigenvalue weighted by Crippen LogP contribution is -2.03. The predicted octanol–water partition coefficient (Wildman–Crippen LogP) is 4.01. The summed E-state index contributed by atoms with van der Waals surface area (Å²) in [4.78, 5) is 4.31. The molecular weight excluding hydrogens is 391 g/mol. The second-order valence-corrected chi connectivity index (χ2v) is 6.01. The third-order valence-corrected chi connectivity index (χ3v) is 3.70. The Labute approximate surface area is 131 Å². The van der Waals surface area contributed by atoms with Crippen LogP contribution in [-0.2, 0) is 6.54 Å². The molecule has 0 aliphatic rings. The molecule has 0 spiro atoms. The summed E-state index contributed by atoms with van der Waals surface area (Å²) in [6.07, 6.45) is 1.81. The number of fused-ring (bicyclic) bond motifs is 1.